The quantitative estimate of drug-likeness (QED) is 0.709. The van der Waals surface area contributed by atoms with Gasteiger partial charge in [0.2, 0.25) is 5.95 Å². The lowest BCUT2D eigenvalue weighted by Crippen LogP contribution is -2.46. The predicted octanol–water partition coefficient (Wildman–Crippen LogP) is 3.68. The van der Waals surface area contributed by atoms with Crippen LogP contribution in [0.4, 0.5) is 29.3 Å². The topological polar surface area (TPSA) is 35.5 Å². The molecular formula is C18H20ClF4N5. The molecular weight excluding hydrogens is 398 g/mol. The summed E-state index contributed by atoms with van der Waals surface area (Å²) in [6.45, 7) is 2.26. The maximum absolute atomic E-state index is 14.0. The first-order valence-electron chi connectivity index (χ1n) is 8.69. The van der Waals surface area contributed by atoms with E-state index in [1.165, 1.54) is 11.0 Å². The van der Waals surface area contributed by atoms with Crippen LogP contribution in [-0.4, -0.2) is 55.1 Å². The van der Waals surface area contributed by atoms with E-state index in [4.69, 9.17) is 11.6 Å². The van der Waals surface area contributed by atoms with Crippen LogP contribution >= 0.6 is 11.6 Å². The lowest BCUT2D eigenvalue weighted by atomic mass is 10.2. The zero-order chi connectivity index (χ0) is 20.5. The maximum Gasteiger partial charge on any atom is 0.433 e. The average molecular weight is 418 g/mol. The molecule has 1 aromatic carbocycles. The first kappa shape index (κ1) is 20.6. The van der Waals surface area contributed by atoms with Gasteiger partial charge < -0.3 is 9.80 Å². The van der Waals surface area contributed by atoms with Gasteiger partial charge in [-0.15, -0.1) is 0 Å². The minimum Gasteiger partial charge on any atom is -0.363 e. The summed E-state index contributed by atoms with van der Waals surface area (Å²) in [4.78, 5) is 13.2. The molecule has 0 atom stereocenters. The van der Waals surface area contributed by atoms with E-state index < -0.39 is 11.9 Å². The molecule has 1 aliphatic rings. The van der Waals surface area contributed by atoms with Crippen LogP contribution < -0.4 is 9.80 Å². The molecule has 0 amide bonds. The van der Waals surface area contributed by atoms with Crippen molar-refractivity contribution in [2.24, 2.45) is 0 Å². The van der Waals surface area contributed by atoms with E-state index in [-0.39, 0.29) is 17.6 Å². The van der Waals surface area contributed by atoms with Crippen LogP contribution in [0.2, 0.25) is 5.02 Å². The van der Waals surface area contributed by atoms with Gasteiger partial charge in [-0.3, -0.25) is 4.90 Å². The summed E-state index contributed by atoms with van der Waals surface area (Å²) in [5.41, 5.74) is -0.551. The van der Waals surface area contributed by atoms with Gasteiger partial charge in [0.15, 0.2) is 5.69 Å². The first-order valence-corrected chi connectivity index (χ1v) is 9.07. The number of anilines is 2. The molecule has 5 nitrogen and oxygen atoms in total. The van der Waals surface area contributed by atoms with Crippen molar-refractivity contribution in [1.82, 2.24) is 14.9 Å². The fourth-order valence-corrected chi connectivity index (χ4v) is 3.17. The Morgan fingerprint density at radius 1 is 1.11 bits per heavy atom. The second kappa shape index (κ2) is 8.08. The van der Waals surface area contributed by atoms with E-state index in [2.05, 4.69) is 9.97 Å². The van der Waals surface area contributed by atoms with Crippen molar-refractivity contribution in [2.45, 2.75) is 12.7 Å². The Kier molecular flexibility index (Phi) is 5.95. The molecule has 0 spiro atoms. The Bertz CT molecular complexity index is 815. The van der Waals surface area contributed by atoms with E-state index in [1.807, 2.05) is 4.90 Å². The Balaban J connectivity index is 1.73. The molecule has 1 aliphatic heterocycles. The van der Waals surface area contributed by atoms with Crippen LogP contribution in [-0.2, 0) is 12.7 Å². The molecule has 0 radical (unpaired) electrons. The number of piperazine rings is 1. The third kappa shape index (κ3) is 4.64. The Labute approximate surface area is 165 Å². The average Bonchev–Trinajstić information content (AvgIpc) is 2.64. The van der Waals surface area contributed by atoms with Crippen molar-refractivity contribution < 1.29 is 17.6 Å². The summed E-state index contributed by atoms with van der Waals surface area (Å²) in [5, 5.41) is 0.360. The van der Waals surface area contributed by atoms with Crippen LogP contribution in [0, 0.1) is 5.82 Å². The highest BCUT2D eigenvalue weighted by molar-refractivity contribution is 6.31. The smallest absolute Gasteiger partial charge is 0.363 e. The largest absolute Gasteiger partial charge is 0.433 e. The number of alkyl halides is 3. The van der Waals surface area contributed by atoms with Gasteiger partial charge in [0, 0.05) is 63.5 Å². The predicted molar refractivity (Wildman–Crippen MR) is 100 cm³/mol. The summed E-state index contributed by atoms with van der Waals surface area (Å²) in [6, 6.07) is 5.47. The molecule has 1 saturated heterocycles. The van der Waals surface area contributed by atoms with Crippen LogP contribution in [0.15, 0.2) is 24.3 Å². The van der Waals surface area contributed by atoms with E-state index in [0.29, 0.717) is 43.3 Å². The van der Waals surface area contributed by atoms with Gasteiger partial charge in [-0.2, -0.15) is 18.2 Å². The molecule has 0 unspecified atom stereocenters. The molecule has 0 bridgehead atoms. The van der Waals surface area contributed by atoms with Gasteiger partial charge in [-0.1, -0.05) is 17.7 Å². The van der Waals surface area contributed by atoms with Crippen molar-refractivity contribution in [3.05, 3.63) is 46.4 Å². The van der Waals surface area contributed by atoms with Crippen molar-refractivity contribution in [3.8, 4) is 0 Å². The molecule has 2 heterocycles. The third-order valence-electron chi connectivity index (χ3n) is 4.55. The standard InChI is InChI=1S/C18H20ClF4N5/c1-26(2)16-10-15(18(21,22)23)24-17(25-16)28-8-6-27(7-9-28)11-12-13(19)4-3-5-14(12)20/h3-5,10H,6-9,11H2,1-2H3. The fourth-order valence-electron chi connectivity index (χ4n) is 2.95. The van der Waals surface area contributed by atoms with Gasteiger partial charge in [0.25, 0.3) is 0 Å². The summed E-state index contributed by atoms with van der Waals surface area (Å²) in [5.74, 6) is -0.133. The van der Waals surface area contributed by atoms with E-state index in [1.54, 1.807) is 31.1 Å². The molecule has 0 saturated carbocycles. The normalized spacial score (nSPS) is 15.8. The minimum absolute atomic E-state index is 0.0436. The zero-order valence-electron chi connectivity index (χ0n) is 15.5. The SMILES string of the molecule is CN(C)c1cc(C(F)(F)F)nc(N2CCN(Cc3c(F)cccc3Cl)CC2)n1. The maximum atomic E-state index is 14.0. The van der Waals surface area contributed by atoms with Gasteiger partial charge >= 0.3 is 6.18 Å². The molecule has 3 rings (SSSR count). The lowest BCUT2D eigenvalue weighted by Gasteiger charge is -2.35. The van der Waals surface area contributed by atoms with Gasteiger partial charge in [-0.05, 0) is 12.1 Å². The number of benzene rings is 1. The van der Waals surface area contributed by atoms with Crippen molar-refractivity contribution in [1.29, 1.82) is 0 Å². The first-order chi connectivity index (χ1) is 13.1. The molecule has 152 valence electrons. The highest BCUT2D eigenvalue weighted by Gasteiger charge is 2.35. The summed E-state index contributed by atoms with van der Waals surface area (Å²) < 4.78 is 53.5. The monoisotopic (exact) mass is 417 g/mol. The van der Waals surface area contributed by atoms with Crippen LogP contribution in [0.1, 0.15) is 11.3 Å². The Hall–Kier alpha value is -2.13. The molecule has 28 heavy (non-hydrogen) atoms. The highest BCUT2D eigenvalue weighted by atomic mass is 35.5. The minimum atomic E-state index is -4.55. The lowest BCUT2D eigenvalue weighted by molar-refractivity contribution is -0.141. The third-order valence-corrected chi connectivity index (χ3v) is 4.90. The van der Waals surface area contributed by atoms with Crippen LogP contribution in [0.25, 0.3) is 0 Å². The van der Waals surface area contributed by atoms with Gasteiger partial charge in [0.05, 0.1) is 0 Å². The Morgan fingerprint density at radius 2 is 1.79 bits per heavy atom. The summed E-state index contributed by atoms with van der Waals surface area (Å²) in [6.07, 6.45) is -4.55. The van der Waals surface area contributed by atoms with E-state index in [9.17, 15) is 17.6 Å². The number of hydrogen-bond acceptors (Lipinski definition) is 5. The van der Waals surface area contributed by atoms with Crippen molar-refractivity contribution in [2.75, 3.05) is 50.1 Å². The molecule has 1 fully saturated rings. The molecule has 0 aliphatic carbocycles. The molecule has 2 aromatic rings. The van der Waals surface area contributed by atoms with Gasteiger partial charge in [-0.25, -0.2) is 9.37 Å². The number of nitrogens with zero attached hydrogens (tertiary/aromatic N) is 5. The molecule has 10 heteroatoms. The van der Waals surface area contributed by atoms with Crippen molar-refractivity contribution >= 4 is 23.4 Å². The number of rotatable bonds is 4. The Morgan fingerprint density at radius 3 is 2.36 bits per heavy atom. The number of halogens is 5. The second-order valence-electron chi connectivity index (χ2n) is 6.77. The second-order valence-corrected chi connectivity index (χ2v) is 7.17. The van der Waals surface area contributed by atoms with E-state index >= 15 is 0 Å². The fraction of sp³-hybridized carbons (Fsp3) is 0.444. The van der Waals surface area contributed by atoms with Crippen LogP contribution in [0.3, 0.4) is 0 Å². The van der Waals surface area contributed by atoms with Crippen LogP contribution in [0.5, 0.6) is 0 Å². The molecule has 0 N–H and O–H groups in total. The number of hydrogen-bond donors (Lipinski definition) is 0. The molecule has 1 aromatic heterocycles. The van der Waals surface area contributed by atoms with Crippen molar-refractivity contribution in [3.63, 3.8) is 0 Å². The zero-order valence-corrected chi connectivity index (χ0v) is 16.2. The summed E-state index contributed by atoms with van der Waals surface area (Å²) in [7, 11) is 3.25. The number of aromatic nitrogens is 2. The van der Waals surface area contributed by atoms with Gasteiger partial charge in [0.1, 0.15) is 11.6 Å². The van der Waals surface area contributed by atoms with E-state index in [0.717, 1.165) is 6.07 Å². The highest BCUT2D eigenvalue weighted by Crippen LogP contribution is 2.31. The summed E-state index contributed by atoms with van der Waals surface area (Å²) >= 11 is 6.07.